The van der Waals surface area contributed by atoms with E-state index in [0.717, 1.165) is 6.08 Å². The maximum atomic E-state index is 10.7. The number of carbonyl (C=O) groups is 1. The molecule has 0 aliphatic carbocycles. The van der Waals surface area contributed by atoms with E-state index >= 15 is 0 Å². The number of rotatable bonds is 6. The normalized spacial score (nSPS) is 14.3. The Balaban J connectivity index is 2.44. The number of aromatic hydroxyl groups is 1. The Labute approximate surface area is 128 Å². The summed E-state index contributed by atoms with van der Waals surface area (Å²) in [6.45, 7) is 2.10. The van der Waals surface area contributed by atoms with E-state index in [1.165, 1.54) is 12.1 Å². The van der Waals surface area contributed by atoms with Gasteiger partial charge in [-0.15, -0.1) is 0 Å². The van der Waals surface area contributed by atoms with Gasteiger partial charge in [0.05, 0.1) is 0 Å². The summed E-state index contributed by atoms with van der Waals surface area (Å²) < 4.78 is 5.43. The fraction of sp³-hybridized carbons (Fsp3) is 0.235. The second-order valence-electron chi connectivity index (χ2n) is 4.78. The van der Waals surface area contributed by atoms with Gasteiger partial charge in [0.1, 0.15) is 18.0 Å². The highest BCUT2D eigenvalue weighted by Crippen LogP contribution is 2.32. The number of phenols is 1. The van der Waals surface area contributed by atoms with Crippen LogP contribution in [0.3, 0.4) is 0 Å². The molecule has 0 amide bonds. The Kier molecular flexibility index (Phi) is 5.14. The van der Waals surface area contributed by atoms with E-state index in [4.69, 9.17) is 9.84 Å². The molecule has 2 aromatic rings. The third kappa shape index (κ3) is 3.44. The van der Waals surface area contributed by atoms with Crippen LogP contribution in [0.25, 0.3) is 10.8 Å². The summed E-state index contributed by atoms with van der Waals surface area (Å²) in [5.41, 5.74) is 0.571. The Morgan fingerprint density at radius 3 is 2.55 bits per heavy atom. The zero-order chi connectivity index (χ0) is 16.1. The summed E-state index contributed by atoms with van der Waals surface area (Å²) in [5.74, 6) is -0.979. The van der Waals surface area contributed by atoms with Gasteiger partial charge < -0.3 is 20.1 Å². The Morgan fingerprint density at radius 2 is 1.91 bits per heavy atom. The third-order valence-corrected chi connectivity index (χ3v) is 3.35. The summed E-state index contributed by atoms with van der Waals surface area (Å²) in [4.78, 5) is 10.7. The van der Waals surface area contributed by atoms with Crippen molar-refractivity contribution in [2.24, 2.45) is 0 Å². The van der Waals surface area contributed by atoms with Crippen LogP contribution in [0.15, 0.2) is 48.6 Å². The summed E-state index contributed by atoms with van der Waals surface area (Å²) >= 11 is 0. The first-order valence-corrected chi connectivity index (χ1v) is 6.96. The lowest BCUT2D eigenvalue weighted by atomic mass is 9.96. The van der Waals surface area contributed by atoms with Crippen LogP contribution in [-0.4, -0.2) is 34.0 Å². The maximum absolute atomic E-state index is 10.7. The number of aliphatic hydroxyl groups is 1. The number of hydrogen-bond acceptors (Lipinski definition) is 4. The average Bonchev–Trinajstić information content (AvgIpc) is 2.51. The van der Waals surface area contributed by atoms with Gasteiger partial charge in [-0.05, 0) is 30.0 Å². The van der Waals surface area contributed by atoms with Gasteiger partial charge in [0.15, 0.2) is 0 Å². The van der Waals surface area contributed by atoms with Gasteiger partial charge in [-0.1, -0.05) is 30.3 Å². The zero-order valence-corrected chi connectivity index (χ0v) is 12.1. The second kappa shape index (κ2) is 7.06. The van der Waals surface area contributed by atoms with Crippen LogP contribution >= 0.6 is 0 Å². The number of carboxylic acids is 1. The van der Waals surface area contributed by atoms with E-state index in [0.29, 0.717) is 22.9 Å². The van der Waals surface area contributed by atoms with Crippen LogP contribution < -0.4 is 0 Å². The van der Waals surface area contributed by atoms with E-state index < -0.39 is 18.2 Å². The quantitative estimate of drug-likeness (QED) is 0.714. The molecule has 0 saturated heterocycles. The van der Waals surface area contributed by atoms with E-state index in [2.05, 4.69) is 0 Å². The minimum Gasteiger partial charge on any atom is -0.507 e. The molecule has 0 heterocycles. The van der Waals surface area contributed by atoms with Crippen molar-refractivity contribution in [2.75, 3.05) is 6.61 Å². The van der Waals surface area contributed by atoms with Crippen LogP contribution in [0, 0.1) is 0 Å². The molecular formula is C17H18O5. The second-order valence-corrected chi connectivity index (χ2v) is 4.78. The van der Waals surface area contributed by atoms with Crippen molar-refractivity contribution in [3.8, 4) is 5.75 Å². The van der Waals surface area contributed by atoms with Crippen LogP contribution in [0.5, 0.6) is 5.75 Å². The molecule has 2 aromatic carbocycles. The number of hydrogen-bond donors (Lipinski definition) is 3. The zero-order valence-electron chi connectivity index (χ0n) is 12.1. The highest BCUT2D eigenvalue weighted by atomic mass is 16.5. The molecular weight excluding hydrogens is 284 g/mol. The van der Waals surface area contributed by atoms with Crippen molar-refractivity contribution in [1.82, 2.24) is 0 Å². The SMILES string of the molecule is CCO[C@@H](/C=C/C(=O)O)[C@@H](O)c1ccc(O)c2ccccc12. The maximum Gasteiger partial charge on any atom is 0.328 e. The Morgan fingerprint density at radius 1 is 1.23 bits per heavy atom. The van der Waals surface area contributed by atoms with Gasteiger partial charge >= 0.3 is 5.97 Å². The molecule has 2 rings (SSSR count). The first-order valence-electron chi connectivity index (χ1n) is 6.96. The van der Waals surface area contributed by atoms with E-state index in [1.807, 2.05) is 0 Å². The van der Waals surface area contributed by atoms with Crippen LogP contribution in [-0.2, 0) is 9.53 Å². The molecule has 2 atom stereocenters. The molecule has 0 spiro atoms. The van der Waals surface area contributed by atoms with Crippen molar-refractivity contribution >= 4 is 16.7 Å². The molecule has 5 nitrogen and oxygen atoms in total. The summed E-state index contributed by atoms with van der Waals surface area (Å²) in [7, 11) is 0. The lowest BCUT2D eigenvalue weighted by Crippen LogP contribution is -2.20. The van der Waals surface area contributed by atoms with Gasteiger partial charge in [0.25, 0.3) is 0 Å². The topological polar surface area (TPSA) is 87.0 Å². The molecule has 0 aromatic heterocycles. The number of aliphatic hydroxyl groups excluding tert-OH is 1. The van der Waals surface area contributed by atoms with Gasteiger partial charge in [-0.2, -0.15) is 0 Å². The molecule has 0 aliphatic heterocycles. The molecule has 116 valence electrons. The smallest absolute Gasteiger partial charge is 0.328 e. The highest BCUT2D eigenvalue weighted by molar-refractivity contribution is 5.91. The van der Waals surface area contributed by atoms with Crippen LogP contribution in [0.4, 0.5) is 0 Å². The monoisotopic (exact) mass is 302 g/mol. The predicted molar refractivity (Wildman–Crippen MR) is 82.8 cm³/mol. The molecule has 0 saturated carbocycles. The highest BCUT2D eigenvalue weighted by Gasteiger charge is 2.21. The van der Waals surface area contributed by atoms with Crippen molar-refractivity contribution < 1.29 is 24.9 Å². The average molecular weight is 302 g/mol. The van der Waals surface area contributed by atoms with Crippen molar-refractivity contribution in [1.29, 1.82) is 0 Å². The molecule has 0 aliphatic rings. The lowest BCUT2D eigenvalue weighted by molar-refractivity contribution is -0.131. The fourth-order valence-corrected chi connectivity index (χ4v) is 2.36. The minimum absolute atomic E-state index is 0.126. The van der Waals surface area contributed by atoms with Crippen molar-refractivity contribution in [3.63, 3.8) is 0 Å². The van der Waals surface area contributed by atoms with Crippen LogP contribution in [0.2, 0.25) is 0 Å². The first kappa shape index (κ1) is 16.0. The lowest BCUT2D eigenvalue weighted by Gasteiger charge is -2.21. The largest absolute Gasteiger partial charge is 0.507 e. The number of fused-ring (bicyclic) bond motifs is 1. The molecule has 0 bridgehead atoms. The van der Waals surface area contributed by atoms with Gasteiger partial charge in [0, 0.05) is 18.1 Å². The van der Waals surface area contributed by atoms with Crippen molar-refractivity contribution in [2.45, 2.75) is 19.1 Å². The molecule has 0 fully saturated rings. The summed E-state index contributed by atoms with van der Waals surface area (Å²) in [6, 6.07) is 10.3. The third-order valence-electron chi connectivity index (χ3n) is 3.35. The van der Waals surface area contributed by atoms with E-state index in [-0.39, 0.29) is 5.75 Å². The molecule has 0 radical (unpaired) electrons. The summed E-state index contributed by atoms with van der Waals surface area (Å²) in [6.07, 6.45) is 0.444. The molecule has 5 heteroatoms. The van der Waals surface area contributed by atoms with Gasteiger partial charge in [-0.25, -0.2) is 4.79 Å². The molecule has 3 N–H and O–H groups in total. The molecule has 0 unspecified atom stereocenters. The number of benzene rings is 2. The van der Waals surface area contributed by atoms with E-state index in [9.17, 15) is 15.0 Å². The number of ether oxygens (including phenoxy) is 1. The fourth-order valence-electron chi connectivity index (χ4n) is 2.36. The number of phenolic OH excluding ortho intramolecular Hbond substituents is 1. The van der Waals surface area contributed by atoms with Crippen LogP contribution in [0.1, 0.15) is 18.6 Å². The van der Waals surface area contributed by atoms with Gasteiger partial charge in [-0.3, -0.25) is 0 Å². The number of carboxylic acid groups (broad SMARTS) is 1. The minimum atomic E-state index is -1.10. The standard InChI is InChI=1S/C17H18O5/c1-2-22-15(9-10-16(19)20)17(21)13-7-8-14(18)12-6-4-3-5-11(12)13/h3-10,15,17-18,21H,2H2,1H3,(H,19,20)/b10-9+/t15-,17-/m0/s1. The van der Waals surface area contributed by atoms with Gasteiger partial charge in [0.2, 0.25) is 0 Å². The van der Waals surface area contributed by atoms with E-state index in [1.54, 1.807) is 37.3 Å². The van der Waals surface area contributed by atoms with Crippen molar-refractivity contribution in [3.05, 3.63) is 54.1 Å². The molecule has 22 heavy (non-hydrogen) atoms. The first-order chi connectivity index (χ1) is 10.5. The Bertz CT molecular complexity index is 693. The predicted octanol–water partition coefficient (Wildman–Crippen LogP) is 2.62. The summed E-state index contributed by atoms with van der Waals surface area (Å²) in [5, 5.41) is 30.5. The number of aliphatic carboxylic acids is 1. The Hall–Kier alpha value is -2.37.